The van der Waals surface area contributed by atoms with Crippen LogP contribution in [0.3, 0.4) is 0 Å². The van der Waals surface area contributed by atoms with Crippen LogP contribution in [0.1, 0.15) is 53.4 Å². The summed E-state index contributed by atoms with van der Waals surface area (Å²) in [5.41, 5.74) is 0.272. The third-order valence-electron chi connectivity index (χ3n) is 5.84. The van der Waals surface area contributed by atoms with E-state index in [1.165, 1.54) is 51.9 Å². The largest absolute Gasteiger partial charge is 0.317 e. The van der Waals surface area contributed by atoms with Gasteiger partial charge in [0.2, 0.25) is 0 Å². The summed E-state index contributed by atoms with van der Waals surface area (Å²) in [4.78, 5) is 5.28. The molecule has 0 radical (unpaired) electrons. The van der Waals surface area contributed by atoms with E-state index in [0.717, 1.165) is 12.6 Å². The van der Waals surface area contributed by atoms with Crippen LogP contribution < -0.4 is 10.6 Å². The molecule has 0 aliphatic carbocycles. The first-order valence-corrected chi connectivity index (χ1v) is 9.32. The van der Waals surface area contributed by atoms with Gasteiger partial charge < -0.3 is 15.5 Å². The van der Waals surface area contributed by atoms with Gasteiger partial charge >= 0.3 is 0 Å². The highest BCUT2D eigenvalue weighted by Crippen LogP contribution is 2.21. The number of hydrogen-bond donors (Lipinski definition) is 2. The minimum atomic E-state index is 0.272. The van der Waals surface area contributed by atoms with Crippen LogP contribution in [0.4, 0.5) is 0 Å². The van der Waals surface area contributed by atoms with Crippen molar-refractivity contribution in [3.63, 3.8) is 0 Å². The Morgan fingerprint density at radius 2 is 1.50 bits per heavy atom. The summed E-state index contributed by atoms with van der Waals surface area (Å²) < 4.78 is 0. The molecule has 0 amide bonds. The molecule has 2 N–H and O–H groups in total. The first kappa shape index (κ1) is 18.2. The number of rotatable bonds is 6. The molecule has 22 heavy (non-hydrogen) atoms. The molecule has 0 aromatic rings. The molecule has 0 spiro atoms. The molecule has 0 bridgehead atoms. The maximum Gasteiger partial charge on any atom is 0.0277 e. The molecule has 0 saturated carbocycles. The number of nitrogens with zero attached hydrogens (tertiary/aromatic N) is 2. The molecule has 2 aliphatic heterocycles. The van der Waals surface area contributed by atoms with E-state index in [1.54, 1.807) is 0 Å². The maximum absolute atomic E-state index is 3.86. The molecule has 2 rings (SSSR count). The molecular formula is C18H38N4. The lowest BCUT2D eigenvalue weighted by atomic mass is 9.95. The summed E-state index contributed by atoms with van der Waals surface area (Å²) in [5.74, 6) is 0. The average molecular weight is 311 g/mol. The molecular weight excluding hydrogens is 272 g/mol. The summed E-state index contributed by atoms with van der Waals surface area (Å²) in [6, 6.07) is 2.13. The van der Waals surface area contributed by atoms with E-state index >= 15 is 0 Å². The molecule has 4 heteroatoms. The molecule has 4 nitrogen and oxygen atoms in total. The van der Waals surface area contributed by atoms with Crippen LogP contribution in [0.5, 0.6) is 0 Å². The number of hydrogen-bond acceptors (Lipinski definition) is 4. The van der Waals surface area contributed by atoms with Crippen molar-refractivity contribution in [2.45, 2.75) is 77.0 Å². The smallest absolute Gasteiger partial charge is 0.0277 e. The van der Waals surface area contributed by atoms with Crippen LogP contribution in [0.15, 0.2) is 0 Å². The van der Waals surface area contributed by atoms with Crippen molar-refractivity contribution in [3.05, 3.63) is 0 Å². The summed E-state index contributed by atoms with van der Waals surface area (Å²) in [6.07, 6.45) is 5.17. The highest BCUT2D eigenvalue weighted by molar-refractivity contribution is 4.90. The average Bonchev–Trinajstić information content (AvgIpc) is 2.53. The second-order valence-corrected chi connectivity index (χ2v) is 8.15. The molecule has 0 aromatic carbocycles. The molecule has 2 fully saturated rings. The summed E-state index contributed by atoms with van der Waals surface area (Å²) in [5, 5.41) is 7.29. The first-order chi connectivity index (χ1) is 10.4. The minimum absolute atomic E-state index is 0.272. The van der Waals surface area contributed by atoms with E-state index in [4.69, 9.17) is 0 Å². The van der Waals surface area contributed by atoms with Gasteiger partial charge in [-0.05, 0) is 73.5 Å². The van der Waals surface area contributed by atoms with Crippen molar-refractivity contribution in [1.82, 2.24) is 20.4 Å². The van der Waals surface area contributed by atoms with E-state index in [-0.39, 0.29) is 5.54 Å². The van der Waals surface area contributed by atoms with Gasteiger partial charge in [0.25, 0.3) is 0 Å². The van der Waals surface area contributed by atoms with Gasteiger partial charge in [-0.1, -0.05) is 0 Å². The van der Waals surface area contributed by atoms with E-state index in [9.17, 15) is 0 Å². The van der Waals surface area contributed by atoms with Gasteiger partial charge in [-0.3, -0.25) is 4.90 Å². The molecule has 2 saturated heterocycles. The van der Waals surface area contributed by atoms with Gasteiger partial charge in [0.1, 0.15) is 0 Å². The summed E-state index contributed by atoms with van der Waals surface area (Å²) >= 11 is 0. The fourth-order valence-corrected chi connectivity index (χ4v) is 3.90. The number of piperidine rings is 2. The fraction of sp³-hybridized carbons (Fsp3) is 1.00. The van der Waals surface area contributed by atoms with Crippen LogP contribution in [0, 0.1) is 0 Å². The molecule has 0 atom stereocenters. The van der Waals surface area contributed by atoms with Crippen molar-refractivity contribution >= 4 is 0 Å². The van der Waals surface area contributed by atoms with E-state index in [1.807, 2.05) is 0 Å². The van der Waals surface area contributed by atoms with Gasteiger partial charge in [0, 0.05) is 43.3 Å². The Kier molecular flexibility index (Phi) is 6.69. The van der Waals surface area contributed by atoms with Gasteiger partial charge in [0.15, 0.2) is 0 Å². The molecule has 2 aliphatic rings. The van der Waals surface area contributed by atoms with Gasteiger partial charge in [-0.2, -0.15) is 0 Å². The van der Waals surface area contributed by atoms with Gasteiger partial charge in [0.05, 0.1) is 0 Å². The number of nitrogens with one attached hydrogen (secondary N) is 2. The topological polar surface area (TPSA) is 30.5 Å². The van der Waals surface area contributed by atoms with Crippen LogP contribution in [0.25, 0.3) is 0 Å². The second kappa shape index (κ2) is 8.09. The van der Waals surface area contributed by atoms with Gasteiger partial charge in [-0.15, -0.1) is 0 Å². The minimum Gasteiger partial charge on any atom is -0.317 e. The summed E-state index contributed by atoms with van der Waals surface area (Å²) in [7, 11) is 2.09. The monoisotopic (exact) mass is 310 g/mol. The van der Waals surface area contributed by atoms with Crippen molar-refractivity contribution < 1.29 is 0 Å². The lowest BCUT2D eigenvalue weighted by Gasteiger charge is -2.44. The molecule has 130 valence electrons. The Morgan fingerprint density at radius 1 is 0.955 bits per heavy atom. The van der Waals surface area contributed by atoms with Crippen molar-refractivity contribution in [2.24, 2.45) is 0 Å². The lowest BCUT2D eigenvalue weighted by molar-refractivity contribution is 0.0762. The normalized spacial score (nSPS) is 24.3. The predicted molar refractivity (Wildman–Crippen MR) is 95.5 cm³/mol. The maximum atomic E-state index is 3.86. The van der Waals surface area contributed by atoms with E-state index < -0.39 is 0 Å². The standard InChI is InChI=1S/C18H38N4/c1-15(2)21-10-6-17(7-11-21)20-14-18(3,4)22-12-8-16(19-5)9-13-22/h15-17,19-20H,6-14H2,1-5H3. The molecule has 0 aromatic heterocycles. The Bertz CT molecular complexity index is 313. The van der Waals surface area contributed by atoms with E-state index in [0.29, 0.717) is 12.1 Å². The van der Waals surface area contributed by atoms with Crippen molar-refractivity contribution in [3.8, 4) is 0 Å². The number of likely N-dealkylation sites (tertiary alicyclic amines) is 2. The third-order valence-corrected chi connectivity index (χ3v) is 5.84. The highest BCUT2D eigenvalue weighted by Gasteiger charge is 2.31. The quantitative estimate of drug-likeness (QED) is 0.785. The van der Waals surface area contributed by atoms with Crippen LogP contribution in [-0.4, -0.2) is 73.2 Å². The predicted octanol–water partition coefficient (Wildman–Crippen LogP) is 1.91. The zero-order valence-corrected chi connectivity index (χ0v) is 15.5. The Balaban J connectivity index is 1.71. The second-order valence-electron chi connectivity index (χ2n) is 8.15. The fourth-order valence-electron chi connectivity index (χ4n) is 3.90. The Hall–Kier alpha value is -0.160. The molecule has 0 unspecified atom stereocenters. The Morgan fingerprint density at radius 3 is 2.00 bits per heavy atom. The first-order valence-electron chi connectivity index (χ1n) is 9.32. The SMILES string of the molecule is CNC1CCN(C(C)(C)CNC2CCN(C(C)C)CC2)CC1. The highest BCUT2D eigenvalue weighted by atomic mass is 15.2. The van der Waals surface area contributed by atoms with Crippen LogP contribution in [-0.2, 0) is 0 Å². The molecule has 2 heterocycles. The van der Waals surface area contributed by atoms with E-state index in [2.05, 4.69) is 55.2 Å². The zero-order chi connectivity index (χ0) is 16.2. The summed E-state index contributed by atoms with van der Waals surface area (Å²) in [6.45, 7) is 15.5. The van der Waals surface area contributed by atoms with Crippen molar-refractivity contribution in [2.75, 3.05) is 39.8 Å². The zero-order valence-electron chi connectivity index (χ0n) is 15.5. The van der Waals surface area contributed by atoms with Crippen molar-refractivity contribution in [1.29, 1.82) is 0 Å². The lowest BCUT2D eigenvalue weighted by Crippen LogP contribution is -2.57. The Labute approximate surface area is 138 Å². The third kappa shape index (κ3) is 4.92. The van der Waals surface area contributed by atoms with Crippen LogP contribution in [0.2, 0.25) is 0 Å². The van der Waals surface area contributed by atoms with Gasteiger partial charge in [-0.25, -0.2) is 0 Å². The van der Waals surface area contributed by atoms with Crippen LogP contribution >= 0.6 is 0 Å².